The standard InChI is InChI=1S/C19H15BrN4O3S/c1-2-28(25,26)17-9-8-15(12-23-17)27-16-11-13(19(21)24-18(16)20)6-7-14-5-3-4-10-22-14/h3-5,8-12H,2H2,1H3,(H2,21,24). The van der Waals surface area contributed by atoms with Crippen LogP contribution in [0.5, 0.6) is 11.5 Å². The first kappa shape index (κ1) is 19.8. The molecule has 0 spiro atoms. The number of hydrogen-bond donors (Lipinski definition) is 1. The van der Waals surface area contributed by atoms with Crippen molar-refractivity contribution in [2.24, 2.45) is 0 Å². The third kappa shape index (κ3) is 4.65. The maximum absolute atomic E-state index is 11.8. The van der Waals surface area contributed by atoms with Crippen molar-refractivity contribution in [1.29, 1.82) is 0 Å². The Balaban J connectivity index is 1.88. The van der Waals surface area contributed by atoms with E-state index in [-0.39, 0.29) is 16.6 Å². The van der Waals surface area contributed by atoms with Crippen molar-refractivity contribution in [1.82, 2.24) is 15.0 Å². The number of anilines is 1. The fourth-order valence-electron chi connectivity index (χ4n) is 2.11. The second kappa shape index (κ2) is 8.37. The van der Waals surface area contributed by atoms with Gasteiger partial charge in [0, 0.05) is 12.3 Å². The van der Waals surface area contributed by atoms with Crippen LogP contribution in [0.15, 0.2) is 58.4 Å². The number of nitrogens with two attached hydrogens (primary N) is 1. The van der Waals surface area contributed by atoms with E-state index < -0.39 is 9.84 Å². The van der Waals surface area contributed by atoms with E-state index in [0.29, 0.717) is 27.4 Å². The molecule has 3 rings (SSSR count). The van der Waals surface area contributed by atoms with E-state index in [9.17, 15) is 8.42 Å². The van der Waals surface area contributed by atoms with E-state index in [1.807, 2.05) is 6.07 Å². The first-order valence-corrected chi connectivity index (χ1v) is 10.6. The van der Waals surface area contributed by atoms with Gasteiger partial charge in [-0.15, -0.1) is 0 Å². The summed E-state index contributed by atoms with van der Waals surface area (Å²) in [4.78, 5) is 12.3. The van der Waals surface area contributed by atoms with Gasteiger partial charge in [-0.05, 0) is 46.1 Å². The quantitative estimate of drug-likeness (QED) is 0.472. The molecule has 2 N–H and O–H groups in total. The Morgan fingerprint density at radius 1 is 1.18 bits per heavy atom. The molecule has 28 heavy (non-hydrogen) atoms. The zero-order valence-corrected chi connectivity index (χ0v) is 17.2. The largest absolute Gasteiger partial charge is 0.453 e. The normalized spacial score (nSPS) is 10.8. The molecule has 0 bridgehead atoms. The Bertz CT molecular complexity index is 1160. The number of hydrogen-bond acceptors (Lipinski definition) is 7. The first-order chi connectivity index (χ1) is 13.4. The molecule has 7 nitrogen and oxygen atoms in total. The summed E-state index contributed by atoms with van der Waals surface area (Å²) in [6, 6.07) is 9.98. The molecule has 0 unspecified atom stereocenters. The van der Waals surface area contributed by atoms with E-state index in [0.717, 1.165) is 0 Å². The average Bonchev–Trinajstić information content (AvgIpc) is 2.70. The fourth-order valence-corrected chi connectivity index (χ4v) is 3.28. The molecule has 0 aliphatic heterocycles. The van der Waals surface area contributed by atoms with Crippen LogP contribution in [-0.2, 0) is 9.84 Å². The van der Waals surface area contributed by atoms with Crippen LogP contribution in [-0.4, -0.2) is 29.1 Å². The van der Waals surface area contributed by atoms with Crippen LogP contribution >= 0.6 is 15.9 Å². The van der Waals surface area contributed by atoms with Crippen LogP contribution in [0.3, 0.4) is 0 Å². The summed E-state index contributed by atoms with van der Waals surface area (Å²) in [6.07, 6.45) is 2.99. The molecule has 0 aliphatic rings. The van der Waals surface area contributed by atoms with Gasteiger partial charge in [-0.1, -0.05) is 18.9 Å². The van der Waals surface area contributed by atoms with Gasteiger partial charge in [0.05, 0.1) is 17.5 Å². The van der Waals surface area contributed by atoms with Crippen LogP contribution in [0.1, 0.15) is 18.2 Å². The van der Waals surface area contributed by atoms with E-state index in [1.54, 1.807) is 31.3 Å². The summed E-state index contributed by atoms with van der Waals surface area (Å²) in [5.41, 5.74) is 7.01. The SMILES string of the molecule is CCS(=O)(=O)c1ccc(Oc2cc(C#Cc3ccccn3)c(N)nc2Br)cn1. The molecule has 9 heteroatoms. The van der Waals surface area contributed by atoms with E-state index in [4.69, 9.17) is 10.5 Å². The van der Waals surface area contributed by atoms with E-state index in [2.05, 4.69) is 42.7 Å². The topological polar surface area (TPSA) is 108 Å². The molecule has 3 heterocycles. The van der Waals surface area contributed by atoms with Crippen LogP contribution in [0, 0.1) is 11.8 Å². The van der Waals surface area contributed by atoms with Crippen molar-refractivity contribution in [2.45, 2.75) is 11.9 Å². The highest BCUT2D eigenvalue weighted by atomic mass is 79.9. The number of rotatable bonds is 4. The van der Waals surface area contributed by atoms with Gasteiger partial charge in [-0.25, -0.2) is 23.4 Å². The summed E-state index contributed by atoms with van der Waals surface area (Å²) < 4.78 is 29.8. The highest BCUT2D eigenvalue weighted by molar-refractivity contribution is 9.10. The Hall–Kier alpha value is -2.96. The summed E-state index contributed by atoms with van der Waals surface area (Å²) in [6.45, 7) is 1.56. The number of aromatic nitrogens is 3. The highest BCUT2D eigenvalue weighted by Crippen LogP contribution is 2.31. The second-order valence-electron chi connectivity index (χ2n) is 5.51. The molecule has 0 fully saturated rings. The third-order valence-corrected chi connectivity index (χ3v) is 5.81. The first-order valence-electron chi connectivity index (χ1n) is 8.15. The number of nitrogens with zero attached hydrogens (tertiary/aromatic N) is 3. The summed E-state index contributed by atoms with van der Waals surface area (Å²) in [5.74, 6) is 6.78. The lowest BCUT2D eigenvalue weighted by molar-refractivity contribution is 0.473. The van der Waals surface area contributed by atoms with Crippen LogP contribution in [0.2, 0.25) is 0 Å². The maximum Gasteiger partial charge on any atom is 0.195 e. The number of nitrogen functional groups attached to an aromatic ring is 1. The molecule has 0 aromatic carbocycles. The molecule has 142 valence electrons. The summed E-state index contributed by atoms with van der Waals surface area (Å²) in [5, 5.41) is -0.00114. The van der Waals surface area contributed by atoms with Crippen molar-refractivity contribution >= 4 is 31.6 Å². The number of ether oxygens (including phenoxy) is 1. The number of halogens is 1. The summed E-state index contributed by atoms with van der Waals surface area (Å²) in [7, 11) is -3.37. The van der Waals surface area contributed by atoms with Crippen LogP contribution in [0.25, 0.3) is 0 Å². The van der Waals surface area contributed by atoms with E-state index in [1.165, 1.54) is 18.3 Å². The molecule has 0 saturated heterocycles. The predicted octanol–water partition coefficient (Wildman–Crippen LogP) is 3.20. The smallest absolute Gasteiger partial charge is 0.195 e. The van der Waals surface area contributed by atoms with Crippen LogP contribution < -0.4 is 10.5 Å². The van der Waals surface area contributed by atoms with Crippen molar-refractivity contribution in [3.8, 4) is 23.3 Å². The Kier molecular flexibility index (Phi) is 5.92. The van der Waals surface area contributed by atoms with Gasteiger partial charge in [0.1, 0.15) is 17.3 Å². The van der Waals surface area contributed by atoms with Crippen LogP contribution in [0.4, 0.5) is 5.82 Å². The molecule has 0 radical (unpaired) electrons. The van der Waals surface area contributed by atoms with Crippen molar-refractivity contribution in [3.05, 3.63) is 64.7 Å². The number of pyridine rings is 3. The second-order valence-corrected chi connectivity index (χ2v) is 8.49. The minimum atomic E-state index is -3.37. The monoisotopic (exact) mass is 458 g/mol. The van der Waals surface area contributed by atoms with Gasteiger partial charge in [0.25, 0.3) is 0 Å². The average molecular weight is 459 g/mol. The molecule has 0 amide bonds. The maximum atomic E-state index is 11.8. The van der Waals surface area contributed by atoms with E-state index >= 15 is 0 Å². The van der Waals surface area contributed by atoms with Crippen molar-refractivity contribution in [3.63, 3.8) is 0 Å². The molecule has 3 aromatic rings. The molecular weight excluding hydrogens is 444 g/mol. The van der Waals surface area contributed by atoms with Gasteiger partial charge >= 0.3 is 0 Å². The lowest BCUT2D eigenvalue weighted by Gasteiger charge is -2.09. The van der Waals surface area contributed by atoms with Gasteiger partial charge in [-0.2, -0.15) is 0 Å². The molecular formula is C19H15BrN4O3S. The van der Waals surface area contributed by atoms with Crippen molar-refractivity contribution < 1.29 is 13.2 Å². The fraction of sp³-hybridized carbons (Fsp3) is 0.105. The third-order valence-electron chi connectivity index (χ3n) is 3.60. The Labute approximate surface area is 171 Å². The van der Waals surface area contributed by atoms with Gasteiger partial charge in [-0.3, -0.25) is 0 Å². The minimum absolute atomic E-state index is 0.00114. The molecule has 0 aliphatic carbocycles. The summed E-state index contributed by atoms with van der Waals surface area (Å²) >= 11 is 3.30. The molecule has 0 atom stereocenters. The lowest BCUT2D eigenvalue weighted by atomic mass is 10.2. The highest BCUT2D eigenvalue weighted by Gasteiger charge is 2.14. The van der Waals surface area contributed by atoms with Crippen molar-refractivity contribution in [2.75, 3.05) is 11.5 Å². The molecule has 3 aromatic heterocycles. The Morgan fingerprint density at radius 3 is 2.64 bits per heavy atom. The van der Waals surface area contributed by atoms with Gasteiger partial charge in [0.2, 0.25) is 0 Å². The zero-order chi connectivity index (χ0) is 20.1. The Morgan fingerprint density at radius 2 is 2.00 bits per heavy atom. The number of sulfone groups is 1. The zero-order valence-electron chi connectivity index (χ0n) is 14.8. The lowest BCUT2D eigenvalue weighted by Crippen LogP contribution is -2.05. The minimum Gasteiger partial charge on any atom is -0.453 e. The predicted molar refractivity (Wildman–Crippen MR) is 109 cm³/mol. The van der Waals surface area contributed by atoms with Gasteiger partial charge < -0.3 is 10.5 Å². The van der Waals surface area contributed by atoms with Gasteiger partial charge in [0.15, 0.2) is 25.2 Å². The molecule has 0 saturated carbocycles.